The summed E-state index contributed by atoms with van der Waals surface area (Å²) in [5, 5.41) is 11.5. The zero-order valence-electron chi connectivity index (χ0n) is 14.5. The number of carbonyl (C=O) groups excluding carboxylic acids is 1. The number of piperidine rings is 1. The number of benzene rings is 1. The van der Waals surface area contributed by atoms with Gasteiger partial charge >= 0.3 is 5.97 Å². The summed E-state index contributed by atoms with van der Waals surface area (Å²) in [4.78, 5) is 26.7. The summed E-state index contributed by atoms with van der Waals surface area (Å²) < 4.78 is 13.5. The lowest BCUT2D eigenvalue weighted by atomic mass is 10.0. The number of carbonyl (C=O) groups is 2. The lowest BCUT2D eigenvalue weighted by Crippen LogP contribution is -2.46. The van der Waals surface area contributed by atoms with Gasteiger partial charge in [-0.25, -0.2) is 4.39 Å². The molecule has 0 aromatic heterocycles. The lowest BCUT2D eigenvalue weighted by Gasteiger charge is -2.35. The second-order valence-electron chi connectivity index (χ2n) is 6.33. The van der Waals surface area contributed by atoms with Crippen LogP contribution in [0.4, 0.5) is 10.1 Å². The Kier molecular flexibility index (Phi) is 8.28. The highest BCUT2D eigenvalue weighted by Gasteiger charge is 2.24. The van der Waals surface area contributed by atoms with Crippen LogP contribution in [0.3, 0.4) is 0 Å². The van der Waals surface area contributed by atoms with E-state index < -0.39 is 5.97 Å². The van der Waals surface area contributed by atoms with E-state index in [0.717, 1.165) is 25.9 Å². The maximum atomic E-state index is 13.5. The Morgan fingerprint density at radius 3 is 2.56 bits per heavy atom. The molecule has 0 spiro atoms. The number of carboxylic acid groups (broad SMARTS) is 1. The molecule has 1 fully saturated rings. The zero-order valence-corrected chi connectivity index (χ0v) is 15.3. The SMILES string of the molecule is Cc1ccc(NC(=O)CN2CCC(N(C)CC(=O)O)CC2)cc1F.Cl. The van der Waals surface area contributed by atoms with Gasteiger partial charge in [0.05, 0.1) is 13.1 Å². The molecule has 1 aliphatic heterocycles. The number of amides is 1. The molecule has 1 aromatic rings. The number of halogens is 2. The maximum absolute atomic E-state index is 13.5. The fourth-order valence-corrected chi connectivity index (χ4v) is 2.93. The van der Waals surface area contributed by atoms with E-state index in [2.05, 4.69) is 5.32 Å². The molecule has 0 unspecified atom stereocenters. The molecule has 6 nitrogen and oxygen atoms in total. The summed E-state index contributed by atoms with van der Waals surface area (Å²) in [7, 11) is 1.81. The highest BCUT2D eigenvalue weighted by Crippen LogP contribution is 2.16. The number of anilines is 1. The highest BCUT2D eigenvalue weighted by molar-refractivity contribution is 5.92. The van der Waals surface area contributed by atoms with Gasteiger partial charge in [0.15, 0.2) is 0 Å². The number of hydrogen-bond donors (Lipinski definition) is 2. The first kappa shape index (κ1) is 21.3. The number of nitrogens with one attached hydrogen (secondary N) is 1. The van der Waals surface area contributed by atoms with Crippen molar-refractivity contribution < 1.29 is 19.1 Å². The fourth-order valence-electron chi connectivity index (χ4n) is 2.93. The van der Waals surface area contributed by atoms with Crippen LogP contribution >= 0.6 is 12.4 Å². The molecular weight excluding hydrogens is 349 g/mol. The first-order chi connectivity index (χ1) is 11.3. The van der Waals surface area contributed by atoms with Crippen molar-refractivity contribution >= 4 is 30.0 Å². The minimum Gasteiger partial charge on any atom is -0.480 e. The molecule has 0 bridgehead atoms. The molecule has 0 radical (unpaired) electrons. The highest BCUT2D eigenvalue weighted by atomic mass is 35.5. The van der Waals surface area contributed by atoms with Crippen molar-refractivity contribution in [2.24, 2.45) is 0 Å². The molecule has 2 N–H and O–H groups in total. The molecule has 2 rings (SSSR count). The van der Waals surface area contributed by atoms with E-state index in [-0.39, 0.29) is 43.3 Å². The van der Waals surface area contributed by atoms with Crippen LogP contribution in [0, 0.1) is 12.7 Å². The predicted octanol–water partition coefficient (Wildman–Crippen LogP) is 1.98. The van der Waals surface area contributed by atoms with Crippen molar-refractivity contribution in [3.8, 4) is 0 Å². The second-order valence-corrected chi connectivity index (χ2v) is 6.33. The monoisotopic (exact) mass is 373 g/mol. The first-order valence-electron chi connectivity index (χ1n) is 8.05. The molecule has 1 amide bonds. The summed E-state index contributed by atoms with van der Waals surface area (Å²) in [6.07, 6.45) is 1.66. The largest absolute Gasteiger partial charge is 0.480 e. The van der Waals surface area contributed by atoms with Crippen molar-refractivity contribution in [2.45, 2.75) is 25.8 Å². The third-order valence-corrected chi connectivity index (χ3v) is 4.39. The van der Waals surface area contributed by atoms with Crippen LogP contribution in [-0.2, 0) is 9.59 Å². The van der Waals surface area contributed by atoms with Gasteiger partial charge in [-0.15, -0.1) is 12.4 Å². The minimum atomic E-state index is -0.829. The number of likely N-dealkylation sites (N-methyl/N-ethyl adjacent to an activating group) is 1. The normalized spacial score (nSPS) is 15.7. The van der Waals surface area contributed by atoms with E-state index in [0.29, 0.717) is 11.3 Å². The molecule has 1 saturated heterocycles. The Labute approximate surface area is 153 Å². The number of nitrogens with zero attached hydrogens (tertiary/aromatic N) is 2. The number of aryl methyl sites for hydroxylation is 1. The Balaban J connectivity index is 0.00000312. The second kappa shape index (κ2) is 9.70. The molecule has 1 aliphatic rings. The molecule has 8 heteroatoms. The lowest BCUT2D eigenvalue weighted by molar-refractivity contribution is -0.138. The third-order valence-electron chi connectivity index (χ3n) is 4.39. The van der Waals surface area contributed by atoms with Crippen LogP contribution in [0.15, 0.2) is 18.2 Å². The van der Waals surface area contributed by atoms with E-state index in [1.165, 1.54) is 6.07 Å². The summed E-state index contributed by atoms with van der Waals surface area (Å²) in [6, 6.07) is 4.87. The third kappa shape index (κ3) is 6.61. The zero-order chi connectivity index (χ0) is 17.7. The van der Waals surface area contributed by atoms with Crippen LogP contribution in [0.5, 0.6) is 0 Å². The molecule has 0 saturated carbocycles. The van der Waals surface area contributed by atoms with Gasteiger partial charge in [0.25, 0.3) is 0 Å². The van der Waals surface area contributed by atoms with Crippen LogP contribution in [0.1, 0.15) is 18.4 Å². The standard InChI is InChI=1S/C17H24FN3O3.ClH/c1-12-3-4-13(9-15(12)18)19-16(22)10-21-7-5-14(6-8-21)20(2)11-17(23)24;/h3-4,9,14H,5-8,10-11H2,1-2H3,(H,19,22)(H,23,24);1H. The van der Waals surface area contributed by atoms with Gasteiger partial charge in [-0.3, -0.25) is 19.4 Å². The van der Waals surface area contributed by atoms with Gasteiger partial charge in [0, 0.05) is 24.8 Å². The van der Waals surface area contributed by atoms with Gasteiger partial charge in [-0.2, -0.15) is 0 Å². The minimum absolute atomic E-state index is 0. The average molecular weight is 374 g/mol. The van der Waals surface area contributed by atoms with Gasteiger partial charge in [0.2, 0.25) is 5.91 Å². The maximum Gasteiger partial charge on any atom is 0.317 e. The average Bonchev–Trinajstić information content (AvgIpc) is 2.51. The van der Waals surface area contributed by atoms with Gasteiger partial charge in [0.1, 0.15) is 5.82 Å². The Morgan fingerprint density at radius 1 is 1.36 bits per heavy atom. The Bertz CT molecular complexity index is 607. The summed E-state index contributed by atoms with van der Waals surface area (Å²) in [5.74, 6) is -1.34. The van der Waals surface area contributed by atoms with Crippen molar-refractivity contribution in [2.75, 3.05) is 38.5 Å². The van der Waals surface area contributed by atoms with Crippen LogP contribution in [0.2, 0.25) is 0 Å². The predicted molar refractivity (Wildman–Crippen MR) is 96.7 cm³/mol. The first-order valence-corrected chi connectivity index (χ1v) is 8.05. The molecular formula is C17H25ClFN3O3. The van der Waals surface area contributed by atoms with Crippen molar-refractivity contribution in [3.63, 3.8) is 0 Å². The molecule has 1 aromatic carbocycles. The van der Waals surface area contributed by atoms with Gasteiger partial charge in [-0.05, 0) is 44.5 Å². The summed E-state index contributed by atoms with van der Waals surface area (Å²) in [6.45, 7) is 3.44. The Morgan fingerprint density at radius 2 is 2.00 bits per heavy atom. The Hall–Kier alpha value is -1.70. The number of hydrogen-bond acceptors (Lipinski definition) is 4. The summed E-state index contributed by atoms with van der Waals surface area (Å²) in [5.41, 5.74) is 1.000. The van der Waals surface area contributed by atoms with Crippen LogP contribution in [-0.4, -0.2) is 66.1 Å². The molecule has 1 heterocycles. The van der Waals surface area contributed by atoms with Crippen molar-refractivity contribution in [3.05, 3.63) is 29.6 Å². The number of rotatable bonds is 6. The van der Waals surface area contributed by atoms with Crippen LogP contribution < -0.4 is 5.32 Å². The molecule has 0 atom stereocenters. The number of aliphatic carboxylic acids is 1. The number of likely N-dealkylation sites (tertiary alicyclic amines) is 1. The van der Waals surface area contributed by atoms with Gasteiger partial charge < -0.3 is 10.4 Å². The molecule has 0 aliphatic carbocycles. The number of carboxylic acids is 1. The van der Waals surface area contributed by atoms with Gasteiger partial charge in [-0.1, -0.05) is 6.07 Å². The molecule has 25 heavy (non-hydrogen) atoms. The topological polar surface area (TPSA) is 72.9 Å². The molecule has 140 valence electrons. The van der Waals surface area contributed by atoms with Crippen molar-refractivity contribution in [1.29, 1.82) is 0 Å². The van der Waals surface area contributed by atoms with Crippen LogP contribution in [0.25, 0.3) is 0 Å². The van der Waals surface area contributed by atoms with E-state index in [9.17, 15) is 14.0 Å². The van der Waals surface area contributed by atoms with E-state index in [4.69, 9.17) is 5.11 Å². The summed E-state index contributed by atoms with van der Waals surface area (Å²) >= 11 is 0. The fraction of sp³-hybridized carbons (Fsp3) is 0.529. The smallest absolute Gasteiger partial charge is 0.317 e. The van der Waals surface area contributed by atoms with E-state index in [1.807, 2.05) is 16.8 Å². The van der Waals surface area contributed by atoms with Crippen molar-refractivity contribution in [1.82, 2.24) is 9.80 Å². The van der Waals surface area contributed by atoms with E-state index in [1.54, 1.807) is 19.1 Å². The van der Waals surface area contributed by atoms with E-state index >= 15 is 0 Å². The quantitative estimate of drug-likeness (QED) is 0.797.